The zero-order chi connectivity index (χ0) is 22.4. The van der Waals surface area contributed by atoms with Crippen LogP contribution in [0.4, 0.5) is 5.69 Å². The Labute approximate surface area is 187 Å². The zero-order valence-corrected chi connectivity index (χ0v) is 18.5. The first-order valence-corrected chi connectivity index (χ1v) is 10.9. The van der Waals surface area contributed by atoms with Crippen LogP contribution in [0.3, 0.4) is 0 Å². The van der Waals surface area contributed by atoms with Crippen LogP contribution in [0.15, 0.2) is 55.1 Å². The molecule has 0 saturated carbocycles. The number of carbonyl (C=O) groups excluding carboxylic acids is 1. The molecule has 6 heteroatoms. The predicted molar refractivity (Wildman–Crippen MR) is 126 cm³/mol. The van der Waals surface area contributed by atoms with Gasteiger partial charge in [0.15, 0.2) is 0 Å². The Morgan fingerprint density at radius 1 is 1.06 bits per heavy atom. The molecule has 0 radical (unpaired) electrons. The quantitative estimate of drug-likeness (QED) is 0.509. The first kappa shape index (κ1) is 20.4. The van der Waals surface area contributed by atoms with Crippen LogP contribution in [-0.4, -0.2) is 32.1 Å². The average molecular weight is 427 g/mol. The molecule has 32 heavy (non-hydrogen) atoms. The lowest BCUT2D eigenvalue weighted by Crippen LogP contribution is -2.23. The van der Waals surface area contributed by atoms with Crippen molar-refractivity contribution in [2.75, 3.05) is 11.4 Å². The van der Waals surface area contributed by atoms with Gasteiger partial charge in [-0.2, -0.15) is 0 Å². The van der Waals surface area contributed by atoms with Crippen LogP contribution < -0.4 is 4.90 Å². The van der Waals surface area contributed by atoms with E-state index in [1.54, 1.807) is 13.1 Å². The first-order chi connectivity index (χ1) is 15.4. The Balaban J connectivity index is 1.57. The fraction of sp³-hybridized carbons (Fsp3) is 0.269. The molecular weight excluding hydrogens is 400 g/mol. The first-order valence-electron chi connectivity index (χ1n) is 10.9. The van der Waals surface area contributed by atoms with Gasteiger partial charge < -0.3 is 14.6 Å². The highest BCUT2D eigenvalue weighted by atomic mass is 16.3. The summed E-state index contributed by atoms with van der Waals surface area (Å²) in [5, 5.41) is 11.0. The number of benzene rings is 1. The van der Waals surface area contributed by atoms with Crippen molar-refractivity contribution in [2.24, 2.45) is 7.05 Å². The summed E-state index contributed by atoms with van der Waals surface area (Å²) in [6.45, 7) is 4.64. The van der Waals surface area contributed by atoms with Gasteiger partial charge in [0.05, 0.1) is 6.10 Å². The molecule has 0 aliphatic carbocycles. The number of pyridine rings is 2. The molecule has 1 aromatic carbocycles. The minimum Gasteiger partial charge on any atom is -0.389 e. The van der Waals surface area contributed by atoms with Crippen LogP contribution in [0.2, 0.25) is 0 Å². The molecule has 1 aliphatic rings. The molecule has 4 heterocycles. The summed E-state index contributed by atoms with van der Waals surface area (Å²) in [5.41, 5.74) is 7.94. The third-order valence-corrected chi connectivity index (χ3v) is 6.39. The number of fused-ring (bicyclic) bond motifs is 1. The largest absolute Gasteiger partial charge is 0.389 e. The highest BCUT2D eigenvalue weighted by Crippen LogP contribution is 2.36. The van der Waals surface area contributed by atoms with E-state index in [-0.39, 0.29) is 5.91 Å². The van der Waals surface area contributed by atoms with E-state index in [9.17, 15) is 9.90 Å². The van der Waals surface area contributed by atoms with Crippen molar-refractivity contribution in [3.63, 3.8) is 0 Å². The summed E-state index contributed by atoms with van der Waals surface area (Å²) in [6.07, 6.45) is 8.54. The SMILES string of the molecule is Cc1c(-c2ccc(N3CCCC3=O)cc2)cncc1-c1cn(C)c2ncc(C(C)O)cc12. The number of carbonyl (C=O) groups is 1. The average Bonchev–Trinajstić information content (AvgIpc) is 3.37. The van der Waals surface area contributed by atoms with Gasteiger partial charge in [-0.15, -0.1) is 0 Å². The summed E-state index contributed by atoms with van der Waals surface area (Å²) in [4.78, 5) is 23.0. The third kappa shape index (κ3) is 3.37. The second-order valence-corrected chi connectivity index (χ2v) is 8.52. The molecule has 1 fully saturated rings. The molecule has 3 aromatic heterocycles. The monoisotopic (exact) mass is 426 g/mol. The van der Waals surface area contributed by atoms with Crippen molar-refractivity contribution < 1.29 is 9.90 Å². The lowest BCUT2D eigenvalue weighted by molar-refractivity contribution is -0.117. The van der Waals surface area contributed by atoms with Crippen molar-refractivity contribution in [2.45, 2.75) is 32.8 Å². The van der Waals surface area contributed by atoms with Crippen LogP contribution in [0, 0.1) is 6.92 Å². The van der Waals surface area contributed by atoms with E-state index in [0.717, 1.165) is 63.1 Å². The van der Waals surface area contributed by atoms with Gasteiger partial charge in [-0.1, -0.05) is 12.1 Å². The van der Waals surface area contributed by atoms with Gasteiger partial charge in [0, 0.05) is 72.6 Å². The fourth-order valence-electron chi connectivity index (χ4n) is 4.55. The summed E-state index contributed by atoms with van der Waals surface area (Å²) >= 11 is 0. The summed E-state index contributed by atoms with van der Waals surface area (Å²) in [7, 11) is 1.98. The number of hydrogen-bond donors (Lipinski definition) is 1. The third-order valence-electron chi connectivity index (χ3n) is 6.39. The van der Waals surface area contributed by atoms with Gasteiger partial charge in [-0.05, 0) is 55.2 Å². The minimum absolute atomic E-state index is 0.193. The molecule has 6 nitrogen and oxygen atoms in total. The number of aryl methyl sites for hydroxylation is 1. The van der Waals surface area contributed by atoms with Crippen molar-refractivity contribution in [3.05, 3.63) is 66.2 Å². The van der Waals surface area contributed by atoms with Crippen LogP contribution in [0.5, 0.6) is 0 Å². The number of aliphatic hydroxyl groups excluding tert-OH is 1. The lowest BCUT2D eigenvalue weighted by atomic mass is 9.95. The second kappa shape index (κ2) is 7.88. The number of rotatable bonds is 4. The predicted octanol–water partition coefficient (Wildman–Crippen LogP) is 4.79. The van der Waals surface area contributed by atoms with Gasteiger partial charge in [-0.3, -0.25) is 9.78 Å². The molecule has 1 N–H and O–H groups in total. The molecule has 0 spiro atoms. The summed E-state index contributed by atoms with van der Waals surface area (Å²) in [6, 6.07) is 10.2. The fourth-order valence-corrected chi connectivity index (χ4v) is 4.55. The Hall–Kier alpha value is -3.51. The minimum atomic E-state index is -0.577. The smallest absolute Gasteiger partial charge is 0.227 e. The van der Waals surface area contributed by atoms with Crippen LogP contribution in [-0.2, 0) is 11.8 Å². The molecule has 1 atom stereocenters. The van der Waals surface area contributed by atoms with E-state index in [4.69, 9.17) is 0 Å². The number of hydrogen-bond acceptors (Lipinski definition) is 4. The Bertz CT molecular complexity index is 1320. The van der Waals surface area contributed by atoms with E-state index in [1.807, 2.05) is 47.1 Å². The Kier molecular flexibility index (Phi) is 5.02. The Morgan fingerprint density at radius 2 is 1.81 bits per heavy atom. The summed E-state index contributed by atoms with van der Waals surface area (Å²) in [5.74, 6) is 0.193. The Morgan fingerprint density at radius 3 is 2.50 bits per heavy atom. The van der Waals surface area contributed by atoms with Crippen molar-refractivity contribution >= 4 is 22.6 Å². The van der Waals surface area contributed by atoms with Gasteiger partial charge in [0.25, 0.3) is 0 Å². The van der Waals surface area contributed by atoms with Gasteiger partial charge in [0.2, 0.25) is 5.91 Å². The van der Waals surface area contributed by atoms with E-state index in [0.29, 0.717) is 6.42 Å². The number of anilines is 1. The lowest BCUT2D eigenvalue weighted by Gasteiger charge is -2.16. The standard InChI is InChI=1S/C26H26N4O2/c1-16-22(18-6-8-20(9-7-18)30-10-4-5-25(30)32)13-27-14-23(16)24-15-29(3)26-21(24)11-19(12-28-26)17(2)31/h6-9,11-15,17,31H,4-5,10H2,1-3H3. The molecule has 0 bridgehead atoms. The maximum absolute atomic E-state index is 12.1. The van der Waals surface area contributed by atoms with E-state index in [1.165, 1.54) is 0 Å². The van der Waals surface area contributed by atoms with Gasteiger partial charge in [0.1, 0.15) is 5.65 Å². The van der Waals surface area contributed by atoms with Crippen LogP contribution in [0.1, 0.15) is 37.0 Å². The molecule has 4 aromatic rings. The van der Waals surface area contributed by atoms with Crippen LogP contribution >= 0.6 is 0 Å². The topological polar surface area (TPSA) is 71.2 Å². The number of nitrogens with zero attached hydrogens (tertiary/aromatic N) is 4. The molecule has 1 saturated heterocycles. The van der Waals surface area contributed by atoms with Crippen molar-refractivity contribution in [3.8, 4) is 22.3 Å². The van der Waals surface area contributed by atoms with E-state index < -0.39 is 6.10 Å². The second-order valence-electron chi connectivity index (χ2n) is 8.52. The number of aliphatic hydroxyl groups is 1. The molecule has 1 aliphatic heterocycles. The highest BCUT2D eigenvalue weighted by Gasteiger charge is 2.22. The molecule has 1 unspecified atom stereocenters. The van der Waals surface area contributed by atoms with Gasteiger partial charge >= 0.3 is 0 Å². The van der Waals surface area contributed by atoms with Crippen LogP contribution in [0.25, 0.3) is 33.3 Å². The van der Waals surface area contributed by atoms with Gasteiger partial charge in [-0.25, -0.2) is 4.98 Å². The molecular formula is C26H26N4O2. The molecule has 1 amide bonds. The normalized spacial score (nSPS) is 15.0. The van der Waals surface area contributed by atoms with Crippen molar-refractivity contribution in [1.82, 2.24) is 14.5 Å². The molecule has 162 valence electrons. The highest BCUT2D eigenvalue weighted by molar-refractivity contribution is 5.97. The maximum Gasteiger partial charge on any atom is 0.227 e. The molecule has 5 rings (SSSR count). The zero-order valence-electron chi connectivity index (χ0n) is 18.5. The van der Waals surface area contributed by atoms with E-state index >= 15 is 0 Å². The van der Waals surface area contributed by atoms with Crippen molar-refractivity contribution in [1.29, 1.82) is 0 Å². The van der Waals surface area contributed by atoms with E-state index in [2.05, 4.69) is 35.2 Å². The maximum atomic E-state index is 12.1. The number of aromatic nitrogens is 3. The number of amides is 1. The summed E-state index contributed by atoms with van der Waals surface area (Å²) < 4.78 is 2.00.